The quantitative estimate of drug-likeness (QED) is 0.790. The van der Waals surface area contributed by atoms with Crippen LogP contribution < -0.4 is 0 Å². The minimum Gasteiger partial charge on any atom is -0.469 e. The molecule has 1 fully saturated rings. The number of hydrogen-bond donors (Lipinski definition) is 0. The summed E-state index contributed by atoms with van der Waals surface area (Å²) in [5, 5.41) is 0. The van der Waals surface area contributed by atoms with Gasteiger partial charge in [-0.15, -0.1) is 0 Å². The molecule has 3 nitrogen and oxygen atoms in total. The zero-order valence-corrected chi connectivity index (χ0v) is 13.8. The molecule has 1 unspecified atom stereocenters. The van der Waals surface area contributed by atoms with Crippen LogP contribution in [-0.4, -0.2) is 23.9 Å². The number of nitrogens with zero attached hydrogens (tertiary/aromatic N) is 1. The van der Waals surface area contributed by atoms with Crippen molar-refractivity contribution < 1.29 is 9.21 Å². The maximum atomic E-state index is 12.9. The number of amides is 1. The maximum absolute atomic E-state index is 12.9. The monoisotopic (exact) mass is 321 g/mol. The Labute approximate surface area is 143 Å². The molecule has 2 heterocycles. The first-order valence-corrected chi connectivity index (χ1v) is 8.82. The first-order valence-electron chi connectivity index (χ1n) is 8.82. The van der Waals surface area contributed by atoms with E-state index in [1.165, 1.54) is 0 Å². The smallest absolute Gasteiger partial charge is 0.223 e. The van der Waals surface area contributed by atoms with Gasteiger partial charge in [0.25, 0.3) is 0 Å². The molecule has 0 spiro atoms. The molecule has 1 aromatic carbocycles. The van der Waals surface area contributed by atoms with Crippen molar-refractivity contribution in [3.8, 4) is 0 Å². The summed E-state index contributed by atoms with van der Waals surface area (Å²) in [6, 6.07) is 14.1. The van der Waals surface area contributed by atoms with Crippen LogP contribution in [0.3, 0.4) is 0 Å². The second-order valence-corrected chi connectivity index (χ2v) is 6.94. The molecule has 24 heavy (non-hydrogen) atoms. The van der Waals surface area contributed by atoms with Crippen molar-refractivity contribution in [1.82, 2.24) is 4.90 Å². The highest BCUT2D eigenvalue weighted by molar-refractivity contribution is 5.78. The van der Waals surface area contributed by atoms with Gasteiger partial charge in [-0.25, -0.2) is 0 Å². The van der Waals surface area contributed by atoms with Gasteiger partial charge in [-0.3, -0.25) is 4.79 Å². The number of furan rings is 1. The SMILES string of the molecule is O=C(CC(c1ccccc1)c1ccco1)N1C[C@H]2CC=CC[C@H]2C1. The highest BCUT2D eigenvalue weighted by Crippen LogP contribution is 2.35. The Bertz CT molecular complexity index is 689. The summed E-state index contributed by atoms with van der Waals surface area (Å²) in [5.41, 5.74) is 1.14. The van der Waals surface area contributed by atoms with Gasteiger partial charge in [0.1, 0.15) is 5.76 Å². The van der Waals surface area contributed by atoms with E-state index < -0.39 is 0 Å². The van der Waals surface area contributed by atoms with Crippen LogP contribution in [0.2, 0.25) is 0 Å². The fraction of sp³-hybridized carbons (Fsp3) is 0.381. The van der Waals surface area contributed by atoms with Crippen molar-refractivity contribution in [1.29, 1.82) is 0 Å². The fourth-order valence-corrected chi connectivity index (χ4v) is 4.08. The molecule has 2 aromatic rings. The molecule has 0 saturated carbocycles. The van der Waals surface area contributed by atoms with Crippen molar-refractivity contribution in [2.75, 3.05) is 13.1 Å². The van der Waals surface area contributed by atoms with Gasteiger partial charge < -0.3 is 9.32 Å². The molecule has 1 aromatic heterocycles. The highest BCUT2D eigenvalue weighted by Gasteiger charge is 2.36. The molecule has 0 N–H and O–H groups in total. The van der Waals surface area contributed by atoms with Crippen LogP contribution >= 0.6 is 0 Å². The highest BCUT2D eigenvalue weighted by atomic mass is 16.3. The number of fused-ring (bicyclic) bond motifs is 1. The molecule has 124 valence electrons. The van der Waals surface area contributed by atoms with E-state index >= 15 is 0 Å². The fourth-order valence-electron chi connectivity index (χ4n) is 4.08. The molecule has 1 amide bonds. The summed E-state index contributed by atoms with van der Waals surface area (Å²) in [7, 11) is 0. The van der Waals surface area contributed by atoms with Crippen molar-refractivity contribution in [2.45, 2.75) is 25.2 Å². The van der Waals surface area contributed by atoms with Gasteiger partial charge in [0.2, 0.25) is 5.91 Å². The molecule has 1 aliphatic heterocycles. The average molecular weight is 321 g/mol. The van der Waals surface area contributed by atoms with Gasteiger partial charge >= 0.3 is 0 Å². The second kappa shape index (κ2) is 6.68. The van der Waals surface area contributed by atoms with E-state index in [1.807, 2.05) is 30.3 Å². The van der Waals surface area contributed by atoms with Crippen LogP contribution in [0.4, 0.5) is 0 Å². The number of hydrogen-bond acceptors (Lipinski definition) is 2. The lowest BCUT2D eigenvalue weighted by Crippen LogP contribution is -2.30. The average Bonchev–Trinajstić information content (AvgIpc) is 3.29. The van der Waals surface area contributed by atoms with Crippen molar-refractivity contribution in [2.24, 2.45) is 11.8 Å². The van der Waals surface area contributed by atoms with Gasteiger partial charge in [0, 0.05) is 19.5 Å². The molecule has 0 radical (unpaired) electrons. The van der Waals surface area contributed by atoms with E-state index in [4.69, 9.17) is 4.42 Å². The van der Waals surface area contributed by atoms with Crippen molar-refractivity contribution in [3.63, 3.8) is 0 Å². The Morgan fingerprint density at radius 2 is 1.75 bits per heavy atom. The van der Waals surface area contributed by atoms with Crippen LogP contribution in [0.25, 0.3) is 0 Å². The number of allylic oxidation sites excluding steroid dienone is 2. The van der Waals surface area contributed by atoms with E-state index in [1.54, 1.807) is 6.26 Å². The number of rotatable bonds is 4. The van der Waals surface area contributed by atoms with Gasteiger partial charge in [-0.05, 0) is 42.4 Å². The lowest BCUT2D eigenvalue weighted by Gasteiger charge is -2.20. The number of carbonyl (C=O) groups is 1. The van der Waals surface area contributed by atoms with Gasteiger partial charge in [-0.1, -0.05) is 42.5 Å². The molecule has 0 bridgehead atoms. The second-order valence-electron chi connectivity index (χ2n) is 6.94. The summed E-state index contributed by atoms with van der Waals surface area (Å²) < 4.78 is 5.63. The van der Waals surface area contributed by atoms with Gasteiger partial charge in [-0.2, -0.15) is 0 Å². The van der Waals surface area contributed by atoms with Crippen LogP contribution in [0.5, 0.6) is 0 Å². The van der Waals surface area contributed by atoms with Crippen molar-refractivity contribution >= 4 is 5.91 Å². The summed E-state index contributed by atoms with van der Waals surface area (Å²) in [6.07, 6.45) is 8.94. The molecule has 2 aliphatic rings. The number of likely N-dealkylation sites (tertiary alicyclic amines) is 1. The largest absolute Gasteiger partial charge is 0.469 e. The first-order chi connectivity index (χ1) is 11.8. The third kappa shape index (κ3) is 3.03. The number of benzene rings is 1. The summed E-state index contributed by atoms with van der Waals surface area (Å²) in [6.45, 7) is 1.82. The van der Waals surface area contributed by atoms with Crippen LogP contribution in [0.1, 0.15) is 36.5 Å². The number of carbonyl (C=O) groups excluding carboxylic acids is 1. The van der Waals surface area contributed by atoms with E-state index in [0.717, 1.165) is 37.3 Å². The third-order valence-corrected chi connectivity index (χ3v) is 5.44. The van der Waals surface area contributed by atoms with Crippen molar-refractivity contribution in [3.05, 3.63) is 72.2 Å². The summed E-state index contributed by atoms with van der Waals surface area (Å²) in [4.78, 5) is 15.0. The van der Waals surface area contributed by atoms with Gasteiger partial charge in [0.05, 0.1) is 12.2 Å². The van der Waals surface area contributed by atoms with E-state index in [-0.39, 0.29) is 11.8 Å². The van der Waals surface area contributed by atoms with E-state index in [2.05, 4.69) is 29.2 Å². The lowest BCUT2D eigenvalue weighted by atomic mass is 9.86. The minimum absolute atomic E-state index is 0.00514. The lowest BCUT2D eigenvalue weighted by molar-refractivity contribution is -0.130. The summed E-state index contributed by atoms with van der Waals surface area (Å²) >= 11 is 0. The molecular weight excluding hydrogens is 298 g/mol. The molecule has 1 saturated heterocycles. The summed E-state index contributed by atoms with van der Waals surface area (Å²) in [5.74, 6) is 2.41. The van der Waals surface area contributed by atoms with Gasteiger partial charge in [0.15, 0.2) is 0 Å². The normalized spacial score (nSPS) is 23.9. The Hall–Kier alpha value is -2.29. The predicted octanol–water partition coefficient (Wildman–Crippen LogP) is 4.23. The topological polar surface area (TPSA) is 33.5 Å². The zero-order valence-electron chi connectivity index (χ0n) is 13.8. The first kappa shape index (κ1) is 15.3. The Morgan fingerprint density at radius 3 is 2.38 bits per heavy atom. The Morgan fingerprint density at radius 1 is 1.04 bits per heavy atom. The Balaban J connectivity index is 1.50. The minimum atomic E-state index is -0.00514. The van der Waals surface area contributed by atoms with Crippen LogP contribution in [0, 0.1) is 11.8 Å². The molecule has 4 rings (SSSR count). The van der Waals surface area contributed by atoms with E-state index in [0.29, 0.717) is 18.3 Å². The molecule has 3 heteroatoms. The maximum Gasteiger partial charge on any atom is 0.223 e. The molecular formula is C21H23NO2. The molecule has 3 atom stereocenters. The van der Waals surface area contributed by atoms with Crippen LogP contribution in [-0.2, 0) is 4.79 Å². The standard InChI is InChI=1S/C21H23NO2/c23-21(22-14-17-9-4-5-10-18(17)15-22)13-19(20-11-6-12-24-20)16-7-2-1-3-8-16/h1-8,11-12,17-19H,9-10,13-15H2/t17-,18+,19?. The predicted molar refractivity (Wildman–Crippen MR) is 93.5 cm³/mol. The van der Waals surface area contributed by atoms with Crippen LogP contribution in [0.15, 0.2) is 65.3 Å². The molecule has 1 aliphatic carbocycles. The van der Waals surface area contributed by atoms with E-state index in [9.17, 15) is 4.79 Å². The third-order valence-electron chi connectivity index (χ3n) is 5.44. The zero-order chi connectivity index (χ0) is 16.4. The Kier molecular flexibility index (Phi) is 4.24.